The molecule has 152 valence electrons. The third kappa shape index (κ3) is 6.83. The van der Waals surface area contributed by atoms with Crippen molar-refractivity contribution in [3.05, 3.63) is 84.2 Å². The Balaban J connectivity index is 1.48. The SMILES string of the molecule is CCCc1cc(Oc2ccc(F)cc2)ccc1OCCCCOc1ccccc1. The van der Waals surface area contributed by atoms with Gasteiger partial charge in [0, 0.05) is 0 Å². The Kier molecular flexibility index (Phi) is 7.93. The maximum Gasteiger partial charge on any atom is 0.127 e. The van der Waals surface area contributed by atoms with Crippen LogP contribution in [0.25, 0.3) is 0 Å². The fourth-order valence-electron chi connectivity index (χ4n) is 2.96. The zero-order valence-electron chi connectivity index (χ0n) is 16.8. The first kappa shape index (κ1) is 20.7. The van der Waals surface area contributed by atoms with Gasteiger partial charge in [-0.15, -0.1) is 0 Å². The second-order valence-corrected chi connectivity index (χ2v) is 6.79. The molecule has 0 saturated carbocycles. The van der Waals surface area contributed by atoms with Crippen molar-refractivity contribution in [2.45, 2.75) is 32.6 Å². The average Bonchev–Trinajstić information content (AvgIpc) is 2.74. The van der Waals surface area contributed by atoms with Crippen LogP contribution < -0.4 is 14.2 Å². The third-order valence-electron chi connectivity index (χ3n) is 4.41. The molecular formula is C25H27FO3. The third-order valence-corrected chi connectivity index (χ3v) is 4.41. The van der Waals surface area contributed by atoms with E-state index in [1.807, 2.05) is 48.5 Å². The fraction of sp³-hybridized carbons (Fsp3) is 0.280. The zero-order chi connectivity index (χ0) is 20.3. The largest absolute Gasteiger partial charge is 0.494 e. The Labute approximate surface area is 172 Å². The summed E-state index contributed by atoms with van der Waals surface area (Å²) in [6.45, 7) is 3.46. The minimum absolute atomic E-state index is 0.276. The van der Waals surface area contributed by atoms with Gasteiger partial charge < -0.3 is 14.2 Å². The van der Waals surface area contributed by atoms with E-state index in [2.05, 4.69) is 6.92 Å². The maximum atomic E-state index is 13.0. The molecule has 0 aliphatic heterocycles. The molecule has 29 heavy (non-hydrogen) atoms. The average molecular weight is 394 g/mol. The van der Waals surface area contributed by atoms with Crippen LogP contribution in [0.4, 0.5) is 4.39 Å². The first-order valence-electron chi connectivity index (χ1n) is 10.1. The maximum absolute atomic E-state index is 13.0. The topological polar surface area (TPSA) is 27.7 Å². The van der Waals surface area contributed by atoms with E-state index in [0.29, 0.717) is 19.0 Å². The highest BCUT2D eigenvalue weighted by Gasteiger charge is 2.07. The van der Waals surface area contributed by atoms with Gasteiger partial charge in [0.25, 0.3) is 0 Å². The monoisotopic (exact) mass is 394 g/mol. The molecule has 0 aliphatic carbocycles. The quantitative estimate of drug-likeness (QED) is 0.334. The molecule has 0 spiro atoms. The lowest BCUT2D eigenvalue weighted by atomic mass is 10.1. The smallest absolute Gasteiger partial charge is 0.127 e. The number of aryl methyl sites for hydroxylation is 1. The zero-order valence-corrected chi connectivity index (χ0v) is 16.8. The van der Waals surface area contributed by atoms with Gasteiger partial charge in [0.15, 0.2) is 0 Å². The van der Waals surface area contributed by atoms with E-state index in [9.17, 15) is 4.39 Å². The second-order valence-electron chi connectivity index (χ2n) is 6.79. The van der Waals surface area contributed by atoms with Crippen molar-refractivity contribution in [1.29, 1.82) is 0 Å². The summed E-state index contributed by atoms with van der Waals surface area (Å²) in [5.41, 5.74) is 1.12. The molecule has 3 nitrogen and oxygen atoms in total. The minimum Gasteiger partial charge on any atom is -0.494 e. The lowest BCUT2D eigenvalue weighted by Crippen LogP contribution is -2.04. The summed E-state index contributed by atoms with van der Waals surface area (Å²) in [5, 5.41) is 0. The van der Waals surface area contributed by atoms with Crippen molar-refractivity contribution >= 4 is 0 Å². The number of rotatable bonds is 11. The van der Waals surface area contributed by atoms with E-state index < -0.39 is 0 Å². The molecule has 4 heteroatoms. The summed E-state index contributed by atoms with van der Waals surface area (Å²) >= 11 is 0. The number of ether oxygens (including phenoxy) is 3. The summed E-state index contributed by atoms with van der Waals surface area (Å²) < 4.78 is 30.6. The normalized spacial score (nSPS) is 10.6. The van der Waals surface area contributed by atoms with Crippen molar-refractivity contribution in [2.75, 3.05) is 13.2 Å². The van der Waals surface area contributed by atoms with Gasteiger partial charge in [-0.1, -0.05) is 31.5 Å². The highest BCUT2D eigenvalue weighted by Crippen LogP contribution is 2.29. The summed E-state index contributed by atoms with van der Waals surface area (Å²) in [6, 6.07) is 21.7. The van der Waals surface area contributed by atoms with Gasteiger partial charge in [0.1, 0.15) is 28.8 Å². The standard InChI is InChI=1S/C25H27FO3/c1-2-8-20-19-24(29-23-13-11-21(26)12-14-23)15-16-25(20)28-18-7-6-17-27-22-9-4-3-5-10-22/h3-5,9-16,19H,2,6-8,17-18H2,1H3. The molecule has 0 saturated heterocycles. The molecule has 0 aliphatic rings. The van der Waals surface area contributed by atoms with E-state index >= 15 is 0 Å². The van der Waals surface area contributed by atoms with Crippen molar-refractivity contribution in [1.82, 2.24) is 0 Å². The number of hydrogen-bond donors (Lipinski definition) is 0. The number of para-hydroxylation sites is 1. The van der Waals surface area contributed by atoms with Gasteiger partial charge in [0.2, 0.25) is 0 Å². The van der Waals surface area contributed by atoms with Crippen LogP contribution in [0.15, 0.2) is 72.8 Å². The number of halogens is 1. The predicted molar refractivity (Wildman–Crippen MR) is 114 cm³/mol. The molecule has 0 atom stereocenters. The molecule has 0 N–H and O–H groups in total. The first-order valence-corrected chi connectivity index (χ1v) is 10.1. The van der Waals surface area contributed by atoms with Crippen LogP contribution in [-0.4, -0.2) is 13.2 Å². The molecule has 0 bridgehead atoms. The van der Waals surface area contributed by atoms with E-state index in [1.165, 1.54) is 12.1 Å². The predicted octanol–water partition coefficient (Wildman–Crippen LogP) is 6.81. The Morgan fingerprint density at radius 2 is 1.41 bits per heavy atom. The second kappa shape index (κ2) is 11.1. The van der Waals surface area contributed by atoms with E-state index in [4.69, 9.17) is 14.2 Å². The van der Waals surface area contributed by atoms with Crippen LogP contribution in [0.1, 0.15) is 31.7 Å². The highest BCUT2D eigenvalue weighted by atomic mass is 19.1. The molecule has 0 radical (unpaired) electrons. The van der Waals surface area contributed by atoms with Crippen molar-refractivity contribution < 1.29 is 18.6 Å². The highest BCUT2D eigenvalue weighted by molar-refractivity contribution is 5.42. The summed E-state index contributed by atoms with van der Waals surface area (Å²) in [7, 11) is 0. The molecule has 0 unspecified atom stereocenters. The van der Waals surface area contributed by atoms with Crippen molar-refractivity contribution in [3.63, 3.8) is 0 Å². The van der Waals surface area contributed by atoms with Crippen LogP contribution in [0.5, 0.6) is 23.0 Å². The summed E-state index contributed by atoms with van der Waals surface area (Å²) in [5.74, 6) is 2.85. The number of hydrogen-bond acceptors (Lipinski definition) is 3. The molecule has 0 amide bonds. The molecule has 3 aromatic rings. The lowest BCUT2D eigenvalue weighted by Gasteiger charge is -2.14. The Morgan fingerprint density at radius 3 is 2.14 bits per heavy atom. The number of unbranched alkanes of at least 4 members (excludes halogenated alkanes) is 1. The van der Waals surface area contributed by atoms with Gasteiger partial charge in [0.05, 0.1) is 13.2 Å². The van der Waals surface area contributed by atoms with Gasteiger partial charge in [-0.3, -0.25) is 0 Å². The summed E-state index contributed by atoms with van der Waals surface area (Å²) in [4.78, 5) is 0. The molecule has 3 aromatic carbocycles. The van der Waals surface area contributed by atoms with Crippen molar-refractivity contribution in [3.8, 4) is 23.0 Å². The fourth-order valence-corrected chi connectivity index (χ4v) is 2.96. The molecule has 3 rings (SSSR count). The summed E-state index contributed by atoms with van der Waals surface area (Å²) in [6.07, 6.45) is 3.78. The van der Waals surface area contributed by atoms with E-state index in [-0.39, 0.29) is 5.82 Å². The van der Waals surface area contributed by atoms with Crippen LogP contribution in [0.2, 0.25) is 0 Å². The molecule has 0 heterocycles. The van der Waals surface area contributed by atoms with Crippen LogP contribution in [-0.2, 0) is 6.42 Å². The van der Waals surface area contributed by atoms with E-state index in [1.54, 1.807) is 12.1 Å². The molecular weight excluding hydrogens is 367 g/mol. The van der Waals surface area contributed by atoms with Gasteiger partial charge >= 0.3 is 0 Å². The minimum atomic E-state index is -0.276. The Hall–Kier alpha value is -3.01. The van der Waals surface area contributed by atoms with E-state index in [0.717, 1.165) is 48.5 Å². The molecule has 0 aromatic heterocycles. The van der Waals surface area contributed by atoms with Crippen LogP contribution in [0, 0.1) is 5.82 Å². The van der Waals surface area contributed by atoms with Crippen LogP contribution in [0.3, 0.4) is 0 Å². The van der Waals surface area contributed by atoms with Gasteiger partial charge in [-0.05, 0) is 79.4 Å². The Bertz CT molecular complexity index is 863. The molecule has 0 fully saturated rings. The number of benzene rings is 3. The lowest BCUT2D eigenvalue weighted by molar-refractivity contribution is 0.265. The Morgan fingerprint density at radius 1 is 0.724 bits per heavy atom. The van der Waals surface area contributed by atoms with Gasteiger partial charge in [-0.2, -0.15) is 0 Å². The van der Waals surface area contributed by atoms with Crippen molar-refractivity contribution in [2.24, 2.45) is 0 Å². The van der Waals surface area contributed by atoms with Gasteiger partial charge in [-0.25, -0.2) is 4.39 Å². The van der Waals surface area contributed by atoms with Crippen LogP contribution >= 0.6 is 0 Å². The first-order chi connectivity index (χ1) is 14.2.